The van der Waals surface area contributed by atoms with Gasteiger partial charge in [-0.05, 0) is 18.2 Å². The van der Waals surface area contributed by atoms with Gasteiger partial charge in [0.15, 0.2) is 0 Å². The van der Waals surface area contributed by atoms with Crippen LogP contribution in [0.15, 0.2) is 51.6 Å². The van der Waals surface area contributed by atoms with Crippen LogP contribution in [0.2, 0.25) is 0 Å². The van der Waals surface area contributed by atoms with E-state index >= 15 is 0 Å². The lowest BCUT2D eigenvalue weighted by molar-refractivity contribution is 0.616. The minimum Gasteiger partial charge on any atom is -0.464 e. The molecule has 20 heavy (non-hydrogen) atoms. The Kier molecular flexibility index (Phi) is 2.37. The first-order valence-electron chi connectivity index (χ1n) is 6.14. The standard InChI is InChI=1S/C15H10BrN3O/c16-8-5-11(17)14-12(6-8)18-15(19-14)10-7-20-13-4-2-1-3-9(10)13/h1-7H,17H2,(H,18,19). The van der Waals surface area contributed by atoms with E-state index in [0.717, 1.165) is 37.9 Å². The molecule has 2 heterocycles. The topological polar surface area (TPSA) is 67.8 Å². The first-order chi connectivity index (χ1) is 9.72. The van der Waals surface area contributed by atoms with Gasteiger partial charge in [0.1, 0.15) is 23.2 Å². The second-order valence-corrected chi connectivity index (χ2v) is 5.54. The molecule has 0 atom stereocenters. The van der Waals surface area contributed by atoms with Gasteiger partial charge in [0, 0.05) is 9.86 Å². The van der Waals surface area contributed by atoms with Crippen molar-refractivity contribution in [2.75, 3.05) is 5.73 Å². The number of H-pyrrole nitrogens is 1. The van der Waals surface area contributed by atoms with Crippen molar-refractivity contribution in [1.29, 1.82) is 0 Å². The summed E-state index contributed by atoms with van der Waals surface area (Å²) in [7, 11) is 0. The second kappa shape index (κ2) is 4.11. The van der Waals surface area contributed by atoms with Crippen LogP contribution in [-0.4, -0.2) is 9.97 Å². The van der Waals surface area contributed by atoms with Gasteiger partial charge in [0.05, 0.1) is 16.8 Å². The molecule has 0 aliphatic heterocycles. The Hall–Kier alpha value is -2.27. The number of halogens is 1. The van der Waals surface area contributed by atoms with Crippen LogP contribution in [0.3, 0.4) is 0 Å². The Bertz CT molecular complexity index is 939. The van der Waals surface area contributed by atoms with E-state index in [9.17, 15) is 0 Å². The van der Waals surface area contributed by atoms with Gasteiger partial charge in [0.25, 0.3) is 0 Å². The van der Waals surface area contributed by atoms with E-state index in [4.69, 9.17) is 10.2 Å². The van der Waals surface area contributed by atoms with Gasteiger partial charge in [0.2, 0.25) is 0 Å². The molecule has 0 unspecified atom stereocenters. The van der Waals surface area contributed by atoms with Crippen LogP contribution in [-0.2, 0) is 0 Å². The third kappa shape index (κ3) is 1.63. The molecule has 4 rings (SSSR count). The molecule has 0 bridgehead atoms. The summed E-state index contributed by atoms with van der Waals surface area (Å²) in [5.41, 5.74) is 10.1. The van der Waals surface area contributed by atoms with Crippen molar-refractivity contribution in [2.45, 2.75) is 0 Å². The maximum absolute atomic E-state index is 6.00. The Morgan fingerprint density at radius 3 is 2.95 bits per heavy atom. The van der Waals surface area contributed by atoms with Crippen LogP contribution in [0.25, 0.3) is 33.4 Å². The molecular weight excluding hydrogens is 318 g/mol. The lowest BCUT2D eigenvalue weighted by Gasteiger charge is -1.94. The molecule has 0 radical (unpaired) electrons. The number of hydrogen-bond acceptors (Lipinski definition) is 3. The molecule has 5 heteroatoms. The number of aromatic amines is 1. The number of rotatable bonds is 1. The number of benzene rings is 2. The van der Waals surface area contributed by atoms with E-state index in [-0.39, 0.29) is 0 Å². The van der Waals surface area contributed by atoms with Crippen LogP contribution in [0.5, 0.6) is 0 Å². The van der Waals surface area contributed by atoms with Gasteiger partial charge in [-0.1, -0.05) is 34.1 Å². The van der Waals surface area contributed by atoms with Gasteiger partial charge < -0.3 is 15.1 Å². The number of hydrogen-bond donors (Lipinski definition) is 2. The van der Waals surface area contributed by atoms with Crippen molar-refractivity contribution >= 4 is 43.6 Å². The predicted molar refractivity (Wildman–Crippen MR) is 83.4 cm³/mol. The van der Waals surface area contributed by atoms with E-state index in [1.54, 1.807) is 6.26 Å². The highest BCUT2D eigenvalue weighted by atomic mass is 79.9. The van der Waals surface area contributed by atoms with Crippen LogP contribution in [0, 0.1) is 0 Å². The van der Waals surface area contributed by atoms with Gasteiger partial charge >= 0.3 is 0 Å². The molecule has 0 saturated heterocycles. The molecular formula is C15H10BrN3O. The minimum absolute atomic E-state index is 0.643. The zero-order chi connectivity index (χ0) is 13.7. The van der Waals surface area contributed by atoms with E-state index in [2.05, 4.69) is 25.9 Å². The Morgan fingerprint density at radius 2 is 2.05 bits per heavy atom. The SMILES string of the molecule is Nc1cc(Br)cc2[nH]c(-c3coc4ccccc34)nc12. The molecule has 4 aromatic rings. The Morgan fingerprint density at radius 1 is 1.20 bits per heavy atom. The third-order valence-electron chi connectivity index (χ3n) is 3.32. The van der Waals surface area contributed by atoms with Gasteiger partial charge in [-0.25, -0.2) is 4.98 Å². The van der Waals surface area contributed by atoms with Gasteiger partial charge in [-0.15, -0.1) is 0 Å². The van der Waals surface area contributed by atoms with E-state index < -0.39 is 0 Å². The minimum atomic E-state index is 0.643. The monoisotopic (exact) mass is 327 g/mol. The van der Waals surface area contributed by atoms with Gasteiger partial charge in [-0.2, -0.15) is 0 Å². The molecule has 0 saturated carbocycles. The number of anilines is 1. The molecule has 0 amide bonds. The summed E-state index contributed by atoms with van der Waals surface area (Å²) in [6, 6.07) is 11.7. The second-order valence-electron chi connectivity index (χ2n) is 4.62. The zero-order valence-corrected chi connectivity index (χ0v) is 11.9. The molecule has 2 aromatic heterocycles. The highest BCUT2D eigenvalue weighted by Gasteiger charge is 2.13. The maximum atomic E-state index is 6.00. The number of nitrogens with zero attached hydrogens (tertiary/aromatic N) is 1. The summed E-state index contributed by atoms with van der Waals surface area (Å²) >= 11 is 3.43. The molecule has 3 N–H and O–H groups in total. The molecule has 2 aromatic carbocycles. The fourth-order valence-corrected chi connectivity index (χ4v) is 2.87. The number of furan rings is 1. The highest BCUT2D eigenvalue weighted by molar-refractivity contribution is 9.10. The molecule has 0 aliphatic rings. The lowest BCUT2D eigenvalue weighted by atomic mass is 10.2. The first-order valence-corrected chi connectivity index (χ1v) is 6.93. The summed E-state index contributed by atoms with van der Waals surface area (Å²) in [4.78, 5) is 7.88. The van der Waals surface area contributed by atoms with E-state index in [1.807, 2.05) is 36.4 Å². The van der Waals surface area contributed by atoms with Crippen LogP contribution < -0.4 is 5.73 Å². The van der Waals surface area contributed by atoms with Crippen molar-refractivity contribution in [3.63, 3.8) is 0 Å². The van der Waals surface area contributed by atoms with Crippen LogP contribution in [0.1, 0.15) is 0 Å². The number of imidazole rings is 1. The molecule has 98 valence electrons. The maximum Gasteiger partial charge on any atom is 0.142 e. The molecule has 0 spiro atoms. The average Bonchev–Trinajstić information content (AvgIpc) is 3.01. The van der Waals surface area contributed by atoms with Crippen molar-refractivity contribution < 1.29 is 4.42 Å². The number of nitrogens with one attached hydrogen (secondary N) is 1. The van der Waals surface area contributed by atoms with Crippen molar-refractivity contribution in [2.24, 2.45) is 0 Å². The van der Waals surface area contributed by atoms with Crippen LogP contribution >= 0.6 is 15.9 Å². The zero-order valence-electron chi connectivity index (χ0n) is 10.4. The summed E-state index contributed by atoms with van der Waals surface area (Å²) in [6.07, 6.45) is 1.72. The summed E-state index contributed by atoms with van der Waals surface area (Å²) < 4.78 is 6.48. The molecule has 0 aliphatic carbocycles. The first kappa shape index (κ1) is 11.5. The Labute approximate surface area is 122 Å². The number of nitrogen functional groups attached to an aromatic ring is 1. The number of aromatic nitrogens is 2. The molecule has 4 nitrogen and oxygen atoms in total. The Balaban J connectivity index is 2.01. The van der Waals surface area contributed by atoms with Crippen molar-refractivity contribution in [1.82, 2.24) is 9.97 Å². The normalized spacial score (nSPS) is 11.4. The summed E-state index contributed by atoms with van der Waals surface area (Å²) in [5.74, 6) is 0.759. The number of para-hydroxylation sites is 1. The van der Waals surface area contributed by atoms with E-state index in [1.165, 1.54) is 0 Å². The smallest absolute Gasteiger partial charge is 0.142 e. The fraction of sp³-hybridized carbons (Fsp3) is 0. The number of fused-ring (bicyclic) bond motifs is 2. The van der Waals surface area contributed by atoms with E-state index in [0.29, 0.717) is 5.69 Å². The fourth-order valence-electron chi connectivity index (χ4n) is 2.40. The lowest BCUT2D eigenvalue weighted by Crippen LogP contribution is -1.86. The molecule has 0 fully saturated rings. The number of nitrogens with two attached hydrogens (primary N) is 1. The average molecular weight is 328 g/mol. The van der Waals surface area contributed by atoms with Gasteiger partial charge in [-0.3, -0.25) is 0 Å². The van der Waals surface area contributed by atoms with Crippen LogP contribution in [0.4, 0.5) is 5.69 Å². The third-order valence-corrected chi connectivity index (χ3v) is 3.77. The summed E-state index contributed by atoms with van der Waals surface area (Å²) in [5, 5.41) is 1.03. The van der Waals surface area contributed by atoms with Crippen molar-refractivity contribution in [3.8, 4) is 11.4 Å². The predicted octanol–water partition coefficient (Wildman–Crippen LogP) is 4.32. The largest absolute Gasteiger partial charge is 0.464 e. The van der Waals surface area contributed by atoms with Crippen molar-refractivity contribution in [3.05, 3.63) is 47.1 Å². The quantitative estimate of drug-likeness (QED) is 0.511. The summed E-state index contributed by atoms with van der Waals surface area (Å²) in [6.45, 7) is 0. The highest BCUT2D eigenvalue weighted by Crippen LogP contribution is 2.32.